The van der Waals surface area contributed by atoms with Gasteiger partial charge in [0.1, 0.15) is 5.75 Å². The van der Waals surface area contributed by atoms with Crippen LogP contribution in [-0.2, 0) is 27.2 Å². The summed E-state index contributed by atoms with van der Waals surface area (Å²) in [4.78, 5) is 10.6. The van der Waals surface area contributed by atoms with Gasteiger partial charge in [-0.1, -0.05) is 17.7 Å². The lowest BCUT2D eigenvalue weighted by atomic mass is 10.0. The van der Waals surface area contributed by atoms with Crippen molar-refractivity contribution in [2.45, 2.75) is 17.5 Å². The molecule has 2 aromatic carbocycles. The lowest BCUT2D eigenvalue weighted by Gasteiger charge is -2.15. The monoisotopic (exact) mass is 422 g/mol. The van der Waals surface area contributed by atoms with Crippen LogP contribution in [0, 0.1) is 0 Å². The molecule has 0 saturated carbocycles. The first-order chi connectivity index (χ1) is 12.4. The number of benzene rings is 2. The predicted molar refractivity (Wildman–Crippen MR) is 91.9 cm³/mol. The van der Waals surface area contributed by atoms with Gasteiger partial charge < -0.3 is 9.84 Å². The standard InChI is InChI=1S/C17H14ClF3O5S/c1-27(24,25)13-4-2-10(14(18)8-13)6-11-7-12(17(19,20)21)3-5-15(11)26-9-16(22)23/h2-5,7-8H,6,9H2,1H3,(H,22,23). The molecule has 0 aromatic heterocycles. The molecular formula is C17H14ClF3O5S. The van der Waals surface area contributed by atoms with Crippen LogP contribution in [-0.4, -0.2) is 32.4 Å². The highest BCUT2D eigenvalue weighted by Crippen LogP contribution is 2.34. The van der Waals surface area contributed by atoms with Crippen LogP contribution in [0.1, 0.15) is 16.7 Å². The smallest absolute Gasteiger partial charge is 0.416 e. The number of rotatable bonds is 6. The maximum absolute atomic E-state index is 13.0. The third kappa shape index (κ3) is 5.61. The molecule has 0 atom stereocenters. The highest BCUT2D eigenvalue weighted by atomic mass is 35.5. The van der Waals surface area contributed by atoms with E-state index in [2.05, 4.69) is 0 Å². The van der Waals surface area contributed by atoms with Crippen LogP contribution in [0.4, 0.5) is 13.2 Å². The van der Waals surface area contributed by atoms with E-state index in [-0.39, 0.29) is 27.7 Å². The van der Waals surface area contributed by atoms with Gasteiger partial charge in [0.25, 0.3) is 0 Å². The van der Waals surface area contributed by atoms with E-state index in [1.807, 2.05) is 0 Å². The Kier molecular flexibility index (Phi) is 6.06. The van der Waals surface area contributed by atoms with Gasteiger partial charge in [-0.25, -0.2) is 13.2 Å². The van der Waals surface area contributed by atoms with E-state index >= 15 is 0 Å². The first-order valence-corrected chi connectivity index (χ1v) is 9.68. The largest absolute Gasteiger partial charge is 0.482 e. The topological polar surface area (TPSA) is 80.7 Å². The average Bonchev–Trinajstić information content (AvgIpc) is 2.53. The minimum atomic E-state index is -4.59. The van der Waals surface area contributed by atoms with Crippen LogP contribution in [0.2, 0.25) is 5.02 Å². The van der Waals surface area contributed by atoms with Crippen LogP contribution >= 0.6 is 11.6 Å². The fourth-order valence-electron chi connectivity index (χ4n) is 2.28. The molecule has 10 heteroatoms. The minimum Gasteiger partial charge on any atom is -0.482 e. The zero-order valence-electron chi connectivity index (χ0n) is 13.9. The molecule has 0 spiro atoms. The second kappa shape index (κ2) is 7.77. The van der Waals surface area contributed by atoms with E-state index in [4.69, 9.17) is 21.4 Å². The van der Waals surface area contributed by atoms with Crippen molar-refractivity contribution in [1.82, 2.24) is 0 Å². The van der Waals surface area contributed by atoms with Gasteiger partial charge in [0.15, 0.2) is 16.4 Å². The summed E-state index contributed by atoms with van der Waals surface area (Å²) >= 11 is 6.07. The maximum atomic E-state index is 13.0. The van der Waals surface area contributed by atoms with Crippen molar-refractivity contribution in [2.24, 2.45) is 0 Å². The van der Waals surface area contributed by atoms with Gasteiger partial charge in [-0.15, -0.1) is 0 Å². The zero-order chi connectivity index (χ0) is 20.4. The van der Waals surface area contributed by atoms with Crippen molar-refractivity contribution in [3.05, 3.63) is 58.1 Å². The number of ether oxygens (including phenoxy) is 1. The molecule has 2 rings (SSSR count). The summed E-state index contributed by atoms with van der Waals surface area (Å²) in [5.41, 5.74) is -0.493. The summed E-state index contributed by atoms with van der Waals surface area (Å²) in [6.07, 6.45) is -3.70. The molecule has 146 valence electrons. The molecule has 0 aliphatic rings. The van der Waals surface area contributed by atoms with Crippen LogP contribution in [0.25, 0.3) is 0 Å². The Morgan fingerprint density at radius 2 is 1.81 bits per heavy atom. The van der Waals surface area contributed by atoms with Crippen LogP contribution in [0.3, 0.4) is 0 Å². The quantitative estimate of drug-likeness (QED) is 0.765. The summed E-state index contributed by atoms with van der Waals surface area (Å²) in [5.74, 6) is -1.31. The Hall–Kier alpha value is -2.26. The van der Waals surface area contributed by atoms with Crippen molar-refractivity contribution >= 4 is 27.4 Å². The highest BCUT2D eigenvalue weighted by Gasteiger charge is 2.31. The fourth-order valence-corrected chi connectivity index (χ4v) is 3.24. The molecule has 0 saturated heterocycles. The second-order valence-corrected chi connectivity index (χ2v) is 8.13. The molecule has 2 aromatic rings. The normalized spacial score (nSPS) is 12.0. The van der Waals surface area contributed by atoms with Gasteiger partial charge in [-0.05, 0) is 41.5 Å². The van der Waals surface area contributed by atoms with Crippen molar-refractivity contribution in [3.63, 3.8) is 0 Å². The van der Waals surface area contributed by atoms with Crippen molar-refractivity contribution in [2.75, 3.05) is 12.9 Å². The SMILES string of the molecule is CS(=O)(=O)c1ccc(Cc2cc(C(F)(F)F)ccc2OCC(=O)O)c(Cl)c1. The van der Waals surface area contributed by atoms with Crippen molar-refractivity contribution < 1.29 is 36.2 Å². The summed E-state index contributed by atoms with van der Waals surface area (Å²) in [7, 11) is -3.49. The summed E-state index contributed by atoms with van der Waals surface area (Å²) in [6, 6.07) is 6.56. The van der Waals surface area contributed by atoms with Gasteiger partial charge in [0.2, 0.25) is 0 Å². The molecule has 0 radical (unpaired) electrons. The zero-order valence-corrected chi connectivity index (χ0v) is 15.5. The number of carboxylic acid groups (broad SMARTS) is 1. The Balaban J connectivity index is 2.44. The molecule has 0 heterocycles. The lowest BCUT2D eigenvalue weighted by Crippen LogP contribution is -2.12. The molecule has 0 aliphatic heterocycles. The average molecular weight is 423 g/mol. The Labute approximate surface area is 158 Å². The second-order valence-electron chi connectivity index (χ2n) is 5.70. The molecule has 0 bridgehead atoms. The molecule has 5 nitrogen and oxygen atoms in total. The van der Waals surface area contributed by atoms with Crippen molar-refractivity contribution in [3.8, 4) is 5.75 Å². The van der Waals surface area contributed by atoms with Gasteiger partial charge in [0, 0.05) is 17.7 Å². The third-order valence-corrected chi connectivity index (χ3v) is 5.03. The van der Waals surface area contributed by atoms with Crippen LogP contribution in [0.15, 0.2) is 41.3 Å². The highest BCUT2D eigenvalue weighted by molar-refractivity contribution is 7.90. The number of hydrogen-bond acceptors (Lipinski definition) is 4. The van der Waals surface area contributed by atoms with Gasteiger partial charge in [-0.3, -0.25) is 0 Å². The molecule has 1 N–H and O–H groups in total. The molecule has 0 aliphatic carbocycles. The van der Waals surface area contributed by atoms with E-state index in [9.17, 15) is 26.4 Å². The van der Waals surface area contributed by atoms with E-state index in [0.29, 0.717) is 5.56 Å². The Bertz CT molecular complexity index is 971. The lowest BCUT2D eigenvalue weighted by molar-refractivity contribution is -0.140. The predicted octanol–water partition coefficient (Wildman–Crippen LogP) is 3.82. The van der Waals surface area contributed by atoms with Crippen LogP contribution < -0.4 is 4.74 Å². The number of hydrogen-bond donors (Lipinski definition) is 1. The number of sulfone groups is 1. The van der Waals surface area contributed by atoms with Crippen molar-refractivity contribution in [1.29, 1.82) is 0 Å². The molecular weight excluding hydrogens is 409 g/mol. The van der Waals surface area contributed by atoms with E-state index in [0.717, 1.165) is 24.5 Å². The summed E-state index contributed by atoms with van der Waals surface area (Å²) in [6.45, 7) is -0.723. The number of aliphatic carboxylic acids is 1. The summed E-state index contributed by atoms with van der Waals surface area (Å²) in [5, 5.41) is 8.76. The number of alkyl halides is 3. The molecule has 0 unspecified atom stereocenters. The minimum absolute atomic E-state index is 0.0253. The Morgan fingerprint density at radius 1 is 1.15 bits per heavy atom. The van der Waals surface area contributed by atoms with Crippen LogP contribution in [0.5, 0.6) is 5.75 Å². The molecule has 0 fully saturated rings. The fraction of sp³-hybridized carbons (Fsp3) is 0.235. The number of halogens is 4. The molecule has 27 heavy (non-hydrogen) atoms. The number of carboxylic acids is 1. The van der Waals surface area contributed by atoms with Gasteiger partial charge in [-0.2, -0.15) is 13.2 Å². The third-order valence-electron chi connectivity index (χ3n) is 3.57. The van der Waals surface area contributed by atoms with E-state index < -0.39 is 34.2 Å². The molecule has 0 amide bonds. The van der Waals surface area contributed by atoms with E-state index in [1.165, 1.54) is 18.2 Å². The first kappa shape index (κ1) is 21.0. The van der Waals surface area contributed by atoms with Gasteiger partial charge >= 0.3 is 12.1 Å². The summed E-state index contributed by atoms with van der Waals surface area (Å²) < 4.78 is 67.1. The Morgan fingerprint density at radius 3 is 2.33 bits per heavy atom. The first-order valence-electron chi connectivity index (χ1n) is 7.41. The number of carbonyl (C=O) groups is 1. The van der Waals surface area contributed by atoms with Gasteiger partial charge in [0.05, 0.1) is 10.5 Å². The maximum Gasteiger partial charge on any atom is 0.416 e. The van der Waals surface area contributed by atoms with E-state index in [1.54, 1.807) is 0 Å².